The summed E-state index contributed by atoms with van der Waals surface area (Å²) in [5.74, 6) is 0.680. The second-order valence-corrected chi connectivity index (χ2v) is 6.27. The number of methoxy groups -OCH3 is 1. The van der Waals surface area contributed by atoms with Gasteiger partial charge in [0, 0.05) is 18.5 Å². The standard InChI is InChI=1S/C19H22N2O5/c1-26-18-7-5-13(11-20-16(12-22)6-8-19(20)23)9-17(18)14-3-2-4-15(10-14)21(24)25/h2-5,7,9-10,16,22,24-25H,6,8,11-12H2,1H3/t16-/m0/s1. The number of nitrogens with zero attached hydrogens (tertiary/aromatic N) is 2. The van der Waals surface area contributed by atoms with Crippen LogP contribution >= 0.6 is 0 Å². The van der Waals surface area contributed by atoms with Crippen molar-refractivity contribution in [3.05, 3.63) is 48.0 Å². The summed E-state index contributed by atoms with van der Waals surface area (Å²) in [4.78, 5) is 13.8. The third-order valence-electron chi connectivity index (χ3n) is 4.67. The second kappa shape index (κ2) is 7.74. The van der Waals surface area contributed by atoms with Crippen LogP contribution in [0, 0.1) is 0 Å². The third kappa shape index (κ3) is 3.65. The van der Waals surface area contributed by atoms with Crippen molar-refractivity contribution >= 4 is 11.6 Å². The molecule has 1 aliphatic rings. The Kier molecular flexibility index (Phi) is 5.41. The molecular formula is C19H22N2O5. The average Bonchev–Trinajstić information content (AvgIpc) is 3.01. The minimum Gasteiger partial charge on any atom is -0.496 e. The van der Waals surface area contributed by atoms with Gasteiger partial charge in [-0.1, -0.05) is 18.2 Å². The fourth-order valence-electron chi connectivity index (χ4n) is 3.27. The lowest BCUT2D eigenvalue weighted by atomic mass is 10.0. The smallest absolute Gasteiger partial charge is 0.223 e. The van der Waals surface area contributed by atoms with E-state index in [1.807, 2.05) is 24.3 Å². The molecule has 0 aromatic heterocycles. The number of amides is 1. The predicted octanol–water partition coefficient (Wildman–Crippen LogP) is 2.43. The number of hydrogen-bond acceptors (Lipinski definition) is 6. The molecule has 1 atom stereocenters. The molecule has 1 heterocycles. The zero-order valence-corrected chi connectivity index (χ0v) is 14.5. The molecule has 1 saturated heterocycles. The number of ether oxygens (including phenoxy) is 1. The number of rotatable bonds is 6. The molecule has 1 aliphatic heterocycles. The number of aliphatic hydroxyl groups is 1. The van der Waals surface area contributed by atoms with Gasteiger partial charge in [0.25, 0.3) is 0 Å². The molecule has 26 heavy (non-hydrogen) atoms. The summed E-state index contributed by atoms with van der Waals surface area (Å²) < 4.78 is 5.43. The zero-order chi connectivity index (χ0) is 18.7. The topological polar surface area (TPSA) is 93.5 Å². The zero-order valence-electron chi connectivity index (χ0n) is 14.5. The van der Waals surface area contributed by atoms with Crippen LogP contribution in [-0.4, -0.2) is 46.1 Å². The van der Waals surface area contributed by atoms with Crippen LogP contribution in [0.25, 0.3) is 11.1 Å². The van der Waals surface area contributed by atoms with Gasteiger partial charge in [-0.05, 0) is 41.8 Å². The van der Waals surface area contributed by atoms with Crippen molar-refractivity contribution in [3.63, 3.8) is 0 Å². The summed E-state index contributed by atoms with van der Waals surface area (Å²) in [7, 11) is 1.57. The maximum Gasteiger partial charge on any atom is 0.223 e. The number of benzene rings is 2. The van der Waals surface area contributed by atoms with E-state index in [0.29, 0.717) is 25.1 Å². The van der Waals surface area contributed by atoms with Gasteiger partial charge in [-0.2, -0.15) is 0 Å². The van der Waals surface area contributed by atoms with Crippen LogP contribution in [0.4, 0.5) is 5.69 Å². The highest BCUT2D eigenvalue weighted by Crippen LogP contribution is 2.33. The molecule has 0 spiro atoms. The van der Waals surface area contributed by atoms with Crippen LogP contribution in [0.3, 0.4) is 0 Å². The van der Waals surface area contributed by atoms with E-state index in [-0.39, 0.29) is 29.5 Å². The highest BCUT2D eigenvalue weighted by atomic mass is 16.8. The molecule has 0 radical (unpaired) electrons. The van der Waals surface area contributed by atoms with E-state index in [9.17, 15) is 20.3 Å². The van der Waals surface area contributed by atoms with E-state index in [4.69, 9.17) is 4.74 Å². The Hall–Kier alpha value is -2.61. The largest absolute Gasteiger partial charge is 0.496 e. The molecule has 3 N–H and O–H groups in total. The first kappa shape index (κ1) is 18.2. The van der Waals surface area contributed by atoms with E-state index in [0.717, 1.165) is 16.7 Å². The van der Waals surface area contributed by atoms with Gasteiger partial charge in [0.15, 0.2) is 0 Å². The van der Waals surface area contributed by atoms with Crippen molar-refractivity contribution in [2.45, 2.75) is 25.4 Å². The number of likely N-dealkylation sites (tertiary alicyclic amines) is 1. The summed E-state index contributed by atoms with van der Waals surface area (Å²) in [6.07, 6.45) is 1.13. The Morgan fingerprint density at radius 1 is 1.23 bits per heavy atom. The van der Waals surface area contributed by atoms with Gasteiger partial charge in [-0.25, -0.2) is 0 Å². The molecule has 0 unspecified atom stereocenters. The molecule has 0 bridgehead atoms. The SMILES string of the molecule is COc1ccc(CN2C(=O)CC[C@H]2CO)cc1-c1cccc(N(O)O)c1. The Morgan fingerprint density at radius 3 is 2.73 bits per heavy atom. The summed E-state index contributed by atoms with van der Waals surface area (Å²) >= 11 is 0. The molecule has 7 nitrogen and oxygen atoms in total. The van der Waals surface area contributed by atoms with E-state index in [1.165, 1.54) is 0 Å². The van der Waals surface area contributed by atoms with Crippen LogP contribution in [0.2, 0.25) is 0 Å². The van der Waals surface area contributed by atoms with Crippen LogP contribution in [0.5, 0.6) is 5.75 Å². The molecular weight excluding hydrogens is 336 g/mol. The van der Waals surface area contributed by atoms with Crippen molar-refractivity contribution in [2.24, 2.45) is 0 Å². The lowest BCUT2D eigenvalue weighted by molar-refractivity contribution is -0.130. The first-order chi connectivity index (χ1) is 12.5. The number of carbonyl (C=O) groups is 1. The fourth-order valence-corrected chi connectivity index (χ4v) is 3.27. The third-order valence-corrected chi connectivity index (χ3v) is 4.67. The number of anilines is 1. The quantitative estimate of drug-likeness (QED) is 0.687. The first-order valence-electron chi connectivity index (χ1n) is 8.39. The maximum absolute atomic E-state index is 12.1. The van der Waals surface area contributed by atoms with Gasteiger partial charge >= 0.3 is 0 Å². The predicted molar refractivity (Wildman–Crippen MR) is 95.1 cm³/mol. The van der Waals surface area contributed by atoms with E-state index in [2.05, 4.69) is 0 Å². The normalized spacial score (nSPS) is 16.8. The highest BCUT2D eigenvalue weighted by molar-refractivity contribution is 5.79. The van der Waals surface area contributed by atoms with Gasteiger partial charge in [0.05, 0.1) is 25.4 Å². The summed E-state index contributed by atoms with van der Waals surface area (Å²) in [6.45, 7) is 0.368. The van der Waals surface area contributed by atoms with Crippen LogP contribution in [0.1, 0.15) is 18.4 Å². The monoisotopic (exact) mass is 358 g/mol. The Labute approximate surface area is 151 Å². The number of aliphatic hydroxyl groups excluding tert-OH is 1. The minimum atomic E-state index is -0.145. The van der Waals surface area contributed by atoms with Gasteiger partial charge < -0.3 is 14.7 Å². The Balaban J connectivity index is 1.94. The molecule has 2 aromatic rings. The molecule has 0 aliphatic carbocycles. The first-order valence-corrected chi connectivity index (χ1v) is 8.39. The summed E-state index contributed by atoms with van der Waals surface area (Å²) in [6, 6.07) is 12.2. The molecule has 0 saturated carbocycles. The summed E-state index contributed by atoms with van der Waals surface area (Å²) in [5, 5.41) is 28.0. The Bertz CT molecular complexity index is 793. The van der Waals surface area contributed by atoms with Gasteiger partial charge in [-0.15, -0.1) is 5.23 Å². The molecule has 1 amide bonds. The van der Waals surface area contributed by atoms with Gasteiger partial charge in [0.2, 0.25) is 5.91 Å². The van der Waals surface area contributed by atoms with Crippen molar-refractivity contribution in [2.75, 3.05) is 18.9 Å². The minimum absolute atomic E-state index is 0.0413. The average molecular weight is 358 g/mol. The molecule has 7 heteroatoms. The van der Waals surface area contributed by atoms with E-state index in [1.54, 1.807) is 30.2 Å². The van der Waals surface area contributed by atoms with Gasteiger partial charge in [0.1, 0.15) is 5.75 Å². The second-order valence-electron chi connectivity index (χ2n) is 6.27. The molecule has 138 valence electrons. The number of hydrogen-bond donors (Lipinski definition) is 3. The molecule has 2 aromatic carbocycles. The van der Waals surface area contributed by atoms with Crippen molar-refractivity contribution in [3.8, 4) is 16.9 Å². The lowest BCUT2D eigenvalue weighted by Crippen LogP contribution is -2.34. The van der Waals surface area contributed by atoms with E-state index < -0.39 is 0 Å². The fraction of sp³-hybridized carbons (Fsp3) is 0.316. The number of carbonyl (C=O) groups excluding carboxylic acids is 1. The highest BCUT2D eigenvalue weighted by Gasteiger charge is 2.30. The lowest BCUT2D eigenvalue weighted by Gasteiger charge is -2.24. The van der Waals surface area contributed by atoms with Crippen LogP contribution in [-0.2, 0) is 11.3 Å². The van der Waals surface area contributed by atoms with Crippen molar-refractivity contribution in [1.29, 1.82) is 0 Å². The van der Waals surface area contributed by atoms with Crippen LogP contribution < -0.4 is 9.96 Å². The van der Waals surface area contributed by atoms with Crippen molar-refractivity contribution < 1.29 is 25.1 Å². The van der Waals surface area contributed by atoms with Gasteiger partial charge in [-0.3, -0.25) is 15.2 Å². The maximum atomic E-state index is 12.1. The molecule has 1 fully saturated rings. The molecule has 3 rings (SSSR count). The van der Waals surface area contributed by atoms with Crippen molar-refractivity contribution in [1.82, 2.24) is 4.90 Å². The Morgan fingerprint density at radius 2 is 2.04 bits per heavy atom. The van der Waals surface area contributed by atoms with Crippen LogP contribution in [0.15, 0.2) is 42.5 Å². The summed E-state index contributed by atoms with van der Waals surface area (Å²) in [5.41, 5.74) is 2.66. The van der Waals surface area contributed by atoms with E-state index >= 15 is 0 Å².